The van der Waals surface area contributed by atoms with Crippen molar-refractivity contribution in [2.45, 2.75) is 249 Å². The van der Waals surface area contributed by atoms with Crippen LogP contribution in [0.2, 0.25) is 0 Å². The van der Waals surface area contributed by atoms with Gasteiger partial charge in [-0.1, -0.05) is 128 Å². The summed E-state index contributed by atoms with van der Waals surface area (Å²) in [5, 5.41) is 53.5. The van der Waals surface area contributed by atoms with Crippen LogP contribution in [-0.2, 0) is 59.2 Å². The highest BCUT2D eigenvalue weighted by Crippen LogP contribution is 2.16. The Bertz CT molecular complexity index is 2620. The lowest BCUT2D eigenvalue weighted by Gasteiger charge is -2.29. The molecule has 0 unspecified atom stereocenters. The van der Waals surface area contributed by atoms with Crippen LogP contribution in [0.3, 0.4) is 0 Å². The van der Waals surface area contributed by atoms with E-state index in [0.29, 0.717) is 25.0 Å². The van der Waals surface area contributed by atoms with Crippen LogP contribution in [0, 0.1) is 5.92 Å². The Morgan fingerprint density at radius 1 is 0.485 bits per heavy atom. The van der Waals surface area contributed by atoms with Gasteiger partial charge in [0.2, 0.25) is 59.1 Å². The molecule has 24 N–H and O–H groups in total. The summed E-state index contributed by atoms with van der Waals surface area (Å²) in [6.07, 6.45) is 14.0. The number of unbranched alkanes of at least 4 members (excludes halogenated alkanes) is 13. The number of primary amides is 1. The summed E-state index contributed by atoms with van der Waals surface area (Å²) >= 11 is 1.40. The number of carboxylic acids is 1. The number of hydrogen-bond donors (Lipinski definition) is 18. The molecule has 1 rings (SSSR count). The van der Waals surface area contributed by atoms with Crippen LogP contribution in [0.25, 0.3) is 0 Å². The number of aliphatic imine (C=N–C) groups is 2. The highest BCUT2D eigenvalue weighted by molar-refractivity contribution is 7.98. The van der Waals surface area contributed by atoms with Crippen molar-refractivity contribution in [3.05, 3.63) is 35.9 Å². The van der Waals surface area contributed by atoms with Crippen LogP contribution in [0.4, 0.5) is 0 Å². The molecule has 0 spiro atoms. The summed E-state index contributed by atoms with van der Waals surface area (Å²) in [5.41, 5.74) is 34.5. The minimum absolute atomic E-state index is 0.000329. The maximum Gasteiger partial charge on any atom is 0.305 e. The summed E-state index contributed by atoms with van der Waals surface area (Å²) < 4.78 is 0. The molecule has 97 heavy (non-hydrogen) atoms. The first-order chi connectivity index (χ1) is 46.2. The molecule has 1 aromatic rings. The number of hydrogen-bond acceptors (Lipinski definition) is 17. The van der Waals surface area contributed by atoms with E-state index in [4.69, 9.17) is 34.4 Å². The predicted octanol–water partition coefficient (Wildman–Crippen LogP) is -0.558. The fourth-order valence-electron chi connectivity index (χ4n) is 10.3. The van der Waals surface area contributed by atoms with Crippen molar-refractivity contribution in [1.29, 1.82) is 0 Å². The molecule has 10 atom stereocenters. The average molecular weight is 1390 g/mol. The number of nitrogens with two attached hydrogens (primary N) is 6. The zero-order valence-corrected chi connectivity index (χ0v) is 58.4. The Morgan fingerprint density at radius 2 is 0.897 bits per heavy atom. The van der Waals surface area contributed by atoms with Crippen molar-refractivity contribution >= 4 is 88.7 Å². The molecule has 0 aliphatic heterocycles. The first-order valence-corrected chi connectivity index (χ1v) is 35.4. The topological polar surface area (TPSA) is 538 Å². The number of benzene rings is 1. The van der Waals surface area contributed by atoms with Crippen molar-refractivity contribution in [2.75, 3.05) is 38.2 Å². The van der Waals surface area contributed by atoms with Crippen LogP contribution in [0.15, 0.2) is 40.3 Å². The molecule has 0 saturated carbocycles. The van der Waals surface area contributed by atoms with Crippen molar-refractivity contribution in [3.8, 4) is 0 Å². The molecule has 31 nitrogen and oxygen atoms in total. The first-order valence-electron chi connectivity index (χ1n) is 34.0. The molecule has 0 aliphatic carbocycles. The van der Waals surface area contributed by atoms with Gasteiger partial charge in [-0.05, 0) is 101 Å². The van der Waals surface area contributed by atoms with E-state index in [9.17, 15) is 68.1 Å². The van der Waals surface area contributed by atoms with E-state index >= 15 is 0 Å². The van der Waals surface area contributed by atoms with Gasteiger partial charge in [0.15, 0.2) is 11.9 Å². The van der Waals surface area contributed by atoms with E-state index in [0.717, 1.165) is 44.6 Å². The standard InChI is InChI=1S/C65H115N17O14S/c1-6-7-8-9-10-11-12-13-14-15-16-17-21-31-52(85)74-51(40-83)62(95)82-54(42(4)84)63(96)81-50(39-53(86)87)61(94)77-46(30-25-35-73-65(70)71)58(91)80-49(37-41(2)3)60(93)76-45(29-24-34-72-64(68)69)57(90)75-44(28-22-23-33-66)56(89)78-47(32-36-97-5)59(92)79-48(55(67)88)38-43-26-19-18-20-27-43/h18-20,26-27,41-42,44-51,54,83-84H,6-17,21-25,28-40,66H2,1-5H3,(H2,67,88)(H,74,85)(H,75,90)(H,76,93)(H,77,94)(H,78,89)(H,79,92)(H,80,91)(H,81,96)(H,82,95)(H,86,87)(H4,68,69,72)(H4,70,71,73)/t42-,44+,45+,46+,47+,48+,49+,50+,51+,54+/m1/s1. The lowest BCUT2D eigenvalue weighted by Crippen LogP contribution is -2.62. The molecule has 0 saturated heterocycles. The molecule has 10 amide bonds. The molecule has 32 heteroatoms. The number of amides is 10. The molecule has 0 aliphatic rings. The van der Waals surface area contributed by atoms with E-state index in [1.807, 2.05) is 0 Å². The molecule has 550 valence electrons. The monoisotopic (exact) mass is 1390 g/mol. The Hall–Kier alpha value is -7.84. The third-order valence-corrected chi connectivity index (χ3v) is 16.3. The van der Waals surface area contributed by atoms with Gasteiger partial charge in [0.05, 0.1) is 19.1 Å². The average Bonchev–Trinajstić information content (AvgIpc) is 0.915. The third kappa shape index (κ3) is 39.8. The summed E-state index contributed by atoms with van der Waals surface area (Å²) in [6.45, 7) is 6.06. The van der Waals surface area contributed by atoms with E-state index in [-0.39, 0.29) is 95.3 Å². The van der Waals surface area contributed by atoms with Crippen LogP contribution in [-0.4, -0.2) is 191 Å². The number of rotatable bonds is 55. The van der Waals surface area contributed by atoms with E-state index < -0.39 is 139 Å². The highest BCUT2D eigenvalue weighted by atomic mass is 32.2. The number of aliphatic hydroxyl groups excluding tert-OH is 2. The van der Waals surface area contributed by atoms with Gasteiger partial charge in [-0.3, -0.25) is 62.7 Å². The minimum Gasteiger partial charge on any atom is -0.481 e. The Morgan fingerprint density at radius 3 is 1.32 bits per heavy atom. The predicted molar refractivity (Wildman–Crippen MR) is 373 cm³/mol. The van der Waals surface area contributed by atoms with Gasteiger partial charge in [-0.2, -0.15) is 11.8 Å². The Labute approximate surface area is 575 Å². The first kappa shape index (κ1) is 87.2. The van der Waals surface area contributed by atoms with Crippen LogP contribution in [0.1, 0.15) is 187 Å². The van der Waals surface area contributed by atoms with Gasteiger partial charge in [0.25, 0.3) is 0 Å². The largest absolute Gasteiger partial charge is 0.481 e. The smallest absolute Gasteiger partial charge is 0.305 e. The molecular formula is C65H115N17O14S. The maximum absolute atomic E-state index is 14.6. The number of carboxylic acid groups (broad SMARTS) is 1. The van der Waals surface area contributed by atoms with Crippen LogP contribution in [0.5, 0.6) is 0 Å². The van der Waals surface area contributed by atoms with Crippen LogP contribution < -0.4 is 82.3 Å². The summed E-state index contributed by atoms with van der Waals surface area (Å²) in [6, 6.07) is -4.66. The Kier molecular flexibility index (Phi) is 46.2. The minimum atomic E-state index is -1.98. The SMILES string of the molecule is CCCCCCCCCCCCCCCC(=O)N[C@@H](CO)C(=O)N[C@H](C(=O)N[C@@H](CC(=O)O)C(=O)N[C@@H](CCCN=C(N)N)C(=O)N[C@@H](CC(C)C)C(=O)N[C@@H](CCCN=C(N)N)C(=O)N[C@@H](CCCCN)C(=O)N[C@@H](CCSC)C(=O)N[C@@H](Cc1ccccc1)C(N)=O)[C@@H](C)O. The zero-order chi connectivity index (χ0) is 72.7. The van der Waals surface area contributed by atoms with Crippen LogP contribution >= 0.6 is 11.8 Å². The van der Waals surface area contributed by atoms with E-state index in [1.54, 1.807) is 50.4 Å². The van der Waals surface area contributed by atoms with E-state index in [2.05, 4.69) is 64.8 Å². The summed E-state index contributed by atoms with van der Waals surface area (Å²) in [4.78, 5) is 159. The second-order valence-electron chi connectivity index (χ2n) is 24.7. The summed E-state index contributed by atoms with van der Waals surface area (Å²) in [5.74, 6) is -11.2. The fraction of sp³-hybridized carbons (Fsp3) is 0.708. The van der Waals surface area contributed by atoms with Gasteiger partial charge < -0.3 is 97.6 Å². The van der Waals surface area contributed by atoms with E-state index in [1.165, 1.54) is 56.7 Å². The fourth-order valence-corrected chi connectivity index (χ4v) is 10.8. The Balaban J connectivity index is 3.47. The number of guanidine groups is 2. The van der Waals surface area contributed by atoms with Crippen molar-refractivity contribution < 1.29 is 68.1 Å². The van der Waals surface area contributed by atoms with Gasteiger partial charge in [0, 0.05) is 25.9 Å². The van der Waals surface area contributed by atoms with Gasteiger partial charge in [-0.15, -0.1) is 0 Å². The van der Waals surface area contributed by atoms with Crippen molar-refractivity contribution in [2.24, 2.45) is 50.3 Å². The number of carbonyl (C=O) groups is 11. The third-order valence-electron chi connectivity index (χ3n) is 15.7. The molecule has 1 aromatic carbocycles. The second kappa shape index (κ2) is 51.4. The van der Waals surface area contributed by atoms with Gasteiger partial charge in [0.1, 0.15) is 54.4 Å². The number of nitrogens with zero attached hydrogens (tertiary/aromatic N) is 2. The zero-order valence-electron chi connectivity index (χ0n) is 57.5. The molecule has 0 fully saturated rings. The molecule has 0 aromatic heterocycles. The molecule has 0 radical (unpaired) electrons. The lowest BCUT2D eigenvalue weighted by molar-refractivity contribution is -0.142. The van der Waals surface area contributed by atoms with Gasteiger partial charge in [-0.25, -0.2) is 0 Å². The highest BCUT2D eigenvalue weighted by Gasteiger charge is 2.37. The number of carbonyl (C=O) groups excluding carboxylic acids is 10. The van der Waals surface area contributed by atoms with Crippen molar-refractivity contribution in [1.82, 2.24) is 47.9 Å². The number of aliphatic hydroxyl groups is 2. The lowest BCUT2D eigenvalue weighted by atomic mass is 10.0. The summed E-state index contributed by atoms with van der Waals surface area (Å²) in [7, 11) is 0. The molecular weight excluding hydrogens is 1270 g/mol. The normalized spacial score (nSPS) is 14.2. The second-order valence-corrected chi connectivity index (χ2v) is 25.7. The number of thioether (sulfide) groups is 1. The number of nitrogens with one attached hydrogen (secondary N) is 9. The van der Waals surface area contributed by atoms with Gasteiger partial charge >= 0.3 is 5.97 Å². The van der Waals surface area contributed by atoms with Crippen molar-refractivity contribution in [3.63, 3.8) is 0 Å². The maximum atomic E-state index is 14.6. The number of aliphatic carboxylic acids is 1. The molecule has 0 heterocycles. The molecule has 0 bridgehead atoms. The quantitative estimate of drug-likeness (QED) is 0.0221.